The quantitative estimate of drug-likeness (QED) is 0.473. The van der Waals surface area contributed by atoms with Gasteiger partial charge in [0, 0.05) is 43.1 Å². The van der Waals surface area contributed by atoms with Gasteiger partial charge < -0.3 is 19.5 Å². The zero-order valence-electron chi connectivity index (χ0n) is 17.4. The van der Waals surface area contributed by atoms with Gasteiger partial charge in [-0.1, -0.05) is 29.8 Å². The molecule has 0 atom stereocenters. The molecule has 3 heterocycles. The van der Waals surface area contributed by atoms with Crippen LogP contribution in [0.15, 0.2) is 60.8 Å². The first-order valence-electron chi connectivity index (χ1n) is 10.5. The van der Waals surface area contributed by atoms with Crippen molar-refractivity contribution in [2.24, 2.45) is 0 Å². The Labute approximate surface area is 186 Å². The predicted octanol–water partition coefficient (Wildman–Crippen LogP) is 5.19. The number of urea groups is 1. The van der Waals surface area contributed by atoms with Crippen molar-refractivity contribution in [2.45, 2.75) is 13.3 Å². The number of carbonyl (C=O) groups excluding carboxylic acids is 1. The first kappa shape index (κ1) is 19.7. The zero-order chi connectivity index (χ0) is 21.4. The largest absolute Gasteiger partial charge is 0.353 e. The summed E-state index contributed by atoms with van der Waals surface area (Å²) in [6.45, 7) is 4.86. The fourth-order valence-corrected chi connectivity index (χ4v) is 4.33. The van der Waals surface area contributed by atoms with Crippen molar-refractivity contribution in [3.63, 3.8) is 0 Å². The Kier molecular flexibility index (Phi) is 5.16. The summed E-state index contributed by atoms with van der Waals surface area (Å²) < 4.78 is 2.19. The molecule has 1 N–H and O–H groups in total. The van der Waals surface area contributed by atoms with Gasteiger partial charge in [-0.25, -0.2) is 9.78 Å². The van der Waals surface area contributed by atoms with Gasteiger partial charge in [-0.15, -0.1) is 0 Å². The van der Waals surface area contributed by atoms with Crippen molar-refractivity contribution in [3.05, 3.63) is 71.4 Å². The Morgan fingerprint density at radius 2 is 1.84 bits per heavy atom. The summed E-state index contributed by atoms with van der Waals surface area (Å²) in [6, 6.07) is 17.8. The molecule has 1 saturated heterocycles. The van der Waals surface area contributed by atoms with E-state index in [9.17, 15) is 4.79 Å². The van der Waals surface area contributed by atoms with Crippen molar-refractivity contribution in [1.82, 2.24) is 14.3 Å². The second kappa shape index (κ2) is 8.12. The number of carbonyl (C=O) groups is 1. The van der Waals surface area contributed by atoms with E-state index in [4.69, 9.17) is 16.6 Å². The maximum atomic E-state index is 12.8. The second-order valence-electron chi connectivity index (χ2n) is 7.91. The van der Waals surface area contributed by atoms with Gasteiger partial charge in [-0.3, -0.25) is 0 Å². The summed E-state index contributed by atoms with van der Waals surface area (Å²) >= 11 is 6.20. The van der Waals surface area contributed by atoms with E-state index in [1.54, 1.807) is 6.07 Å². The SMILES string of the molecule is Cc1ccc(NC(=O)N2CCCN(c3nc4ccccc4n4cccc34)CC2)cc1Cl. The van der Waals surface area contributed by atoms with Crippen LogP contribution in [0.3, 0.4) is 0 Å². The van der Waals surface area contributed by atoms with Crippen LogP contribution in [0.5, 0.6) is 0 Å². The summed E-state index contributed by atoms with van der Waals surface area (Å²) in [5.41, 5.74) is 4.86. The first-order chi connectivity index (χ1) is 15.1. The number of anilines is 2. The van der Waals surface area contributed by atoms with Gasteiger partial charge in [0.25, 0.3) is 0 Å². The van der Waals surface area contributed by atoms with E-state index >= 15 is 0 Å². The highest BCUT2D eigenvalue weighted by Crippen LogP contribution is 2.26. The lowest BCUT2D eigenvalue weighted by atomic mass is 10.2. The van der Waals surface area contributed by atoms with E-state index in [1.807, 2.05) is 42.2 Å². The van der Waals surface area contributed by atoms with Gasteiger partial charge in [-0.2, -0.15) is 0 Å². The number of para-hydroxylation sites is 2. The van der Waals surface area contributed by atoms with Gasteiger partial charge in [0.15, 0.2) is 5.82 Å². The average molecular weight is 434 g/mol. The molecule has 1 aliphatic rings. The van der Waals surface area contributed by atoms with Gasteiger partial charge in [0.1, 0.15) is 0 Å². The van der Waals surface area contributed by atoms with Crippen LogP contribution in [0.25, 0.3) is 16.6 Å². The molecule has 31 heavy (non-hydrogen) atoms. The lowest BCUT2D eigenvalue weighted by molar-refractivity contribution is 0.215. The highest BCUT2D eigenvalue weighted by atomic mass is 35.5. The van der Waals surface area contributed by atoms with Gasteiger partial charge >= 0.3 is 6.03 Å². The molecule has 2 amide bonds. The minimum absolute atomic E-state index is 0.0962. The minimum Gasteiger partial charge on any atom is -0.353 e. The molecular weight excluding hydrogens is 410 g/mol. The Bertz CT molecular complexity index is 1270. The predicted molar refractivity (Wildman–Crippen MR) is 126 cm³/mol. The maximum Gasteiger partial charge on any atom is 0.321 e. The number of nitrogens with zero attached hydrogens (tertiary/aromatic N) is 4. The van der Waals surface area contributed by atoms with Crippen LogP contribution >= 0.6 is 11.6 Å². The molecule has 1 aliphatic heterocycles. The number of amides is 2. The molecule has 158 valence electrons. The number of aromatic nitrogens is 2. The monoisotopic (exact) mass is 433 g/mol. The number of hydrogen-bond donors (Lipinski definition) is 1. The van der Waals surface area contributed by atoms with E-state index in [-0.39, 0.29) is 6.03 Å². The fourth-order valence-electron chi connectivity index (χ4n) is 4.15. The normalized spacial score (nSPS) is 14.8. The summed E-state index contributed by atoms with van der Waals surface area (Å²) in [5, 5.41) is 3.63. The average Bonchev–Trinajstić information content (AvgIpc) is 3.14. The molecule has 4 aromatic rings. The third kappa shape index (κ3) is 3.79. The molecule has 0 unspecified atom stereocenters. The summed E-state index contributed by atoms with van der Waals surface area (Å²) in [5.74, 6) is 0.969. The summed E-state index contributed by atoms with van der Waals surface area (Å²) in [4.78, 5) is 22.0. The minimum atomic E-state index is -0.0962. The van der Waals surface area contributed by atoms with Crippen LogP contribution < -0.4 is 10.2 Å². The van der Waals surface area contributed by atoms with Crippen LogP contribution in [0.4, 0.5) is 16.3 Å². The van der Waals surface area contributed by atoms with Crippen LogP contribution in [-0.2, 0) is 0 Å². The number of nitrogens with one attached hydrogen (secondary N) is 1. The van der Waals surface area contributed by atoms with Crippen molar-refractivity contribution in [1.29, 1.82) is 0 Å². The van der Waals surface area contributed by atoms with Crippen molar-refractivity contribution in [2.75, 3.05) is 36.4 Å². The van der Waals surface area contributed by atoms with Gasteiger partial charge in [-0.05, 0) is 55.3 Å². The molecule has 0 radical (unpaired) electrons. The highest BCUT2D eigenvalue weighted by molar-refractivity contribution is 6.31. The third-order valence-electron chi connectivity index (χ3n) is 5.85. The number of hydrogen-bond acceptors (Lipinski definition) is 3. The van der Waals surface area contributed by atoms with E-state index in [2.05, 4.69) is 39.0 Å². The second-order valence-corrected chi connectivity index (χ2v) is 8.32. The first-order valence-corrected chi connectivity index (χ1v) is 10.9. The van der Waals surface area contributed by atoms with Crippen molar-refractivity contribution >= 4 is 45.7 Å². The smallest absolute Gasteiger partial charge is 0.321 e. The van der Waals surface area contributed by atoms with E-state index < -0.39 is 0 Å². The molecule has 5 rings (SSSR count). The highest BCUT2D eigenvalue weighted by Gasteiger charge is 2.22. The molecule has 2 aromatic heterocycles. The molecule has 0 spiro atoms. The Balaban J connectivity index is 1.35. The summed E-state index contributed by atoms with van der Waals surface area (Å²) in [6.07, 6.45) is 2.95. The number of halogens is 1. The standard InChI is InChI=1S/C24H24ClN5O/c1-17-9-10-18(16-19(17)25)26-24(31)29-12-5-11-28(14-15-29)23-22-8-4-13-30(22)21-7-3-2-6-20(21)27-23/h2-4,6-10,13,16H,5,11-12,14-15H2,1H3,(H,26,31). The molecule has 7 heteroatoms. The Morgan fingerprint density at radius 3 is 2.71 bits per heavy atom. The van der Waals surface area contributed by atoms with E-state index in [0.29, 0.717) is 23.8 Å². The zero-order valence-corrected chi connectivity index (χ0v) is 18.1. The van der Waals surface area contributed by atoms with Gasteiger partial charge in [0.2, 0.25) is 0 Å². The van der Waals surface area contributed by atoms with Crippen molar-refractivity contribution < 1.29 is 4.79 Å². The number of benzene rings is 2. The molecule has 0 bridgehead atoms. The van der Waals surface area contributed by atoms with Crippen LogP contribution in [0, 0.1) is 6.92 Å². The van der Waals surface area contributed by atoms with Crippen LogP contribution in [0.1, 0.15) is 12.0 Å². The van der Waals surface area contributed by atoms with E-state index in [1.165, 1.54) is 0 Å². The number of rotatable bonds is 2. The fraction of sp³-hybridized carbons (Fsp3) is 0.250. The lowest BCUT2D eigenvalue weighted by Crippen LogP contribution is -2.38. The molecule has 6 nitrogen and oxygen atoms in total. The van der Waals surface area contributed by atoms with Crippen molar-refractivity contribution in [3.8, 4) is 0 Å². The Morgan fingerprint density at radius 1 is 1.00 bits per heavy atom. The topological polar surface area (TPSA) is 52.9 Å². The molecule has 0 saturated carbocycles. The number of aryl methyl sites for hydroxylation is 1. The molecule has 1 fully saturated rings. The van der Waals surface area contributed by atoms with Gasteiger partial charge in [0.05, 0.1) is 16.6 Å². The summed E-state index contributed by atoms with van der Waals surface area (Å²) in [7, 11) is 0. The van der Waals surface area contributed by atoms with E-state index in [0.717, 1.165) is 47.4 Å². The van der Waals surface area contributed by atoms with Crippen LogP contribution in [-0.4, -0.2) is 46.5 Å². The number of fused-ring (bicyclic) bond motifs is 3. The van der Waals surface area contributed by atoms with Crippen LogP contribution in [0.2, 0.25) is 5.02 Å². The maximum absolute atomic E-state index is 12.8. The third-order valence-corrected chi connectivity index (χ3v) is 6.26. The molecule has 2 aromatic carbocycles. The lowest BCUT2D eigenvalue weighted by Gasteiger charge is -2.24. The Hall–Kier alpha value is -3.25. The molecular formula is C24H24ClN5O. The molecule has 0 aliphatic carbocycles.